The number of nitrogens with one attached hydrogen (secondary N) is 1. The summed E-state index contributed by atoms with van der Waals surface area (Å²) < 4.78 is 18.0. The first-order valence-electron chi connectivity index (χ1n) is 6.98. The van der Waals surface area contributed by atoms with Gasteiger partial charge in [0, 0.05) is 16.9 Å². The van der Waals surface area contributed by atoms with E-state index in [-0.39, 0.29) is 17.3 Å². The number of carbonyl (C=O) groups is 1. The average Bonchev–Trinajstić information content (AvgIpc) is 3.17. The molecule has 1 N–H and O–H groups in total. The highest BCUT2D eigenvalue weighted by atomic mass is 79.9. The lowest BCUT2D eigenvalue weighted by atomic mass is 10.3. The Balaban J connectivity index is 1.67. The van der Waals surface area contributed by atoms with Gasteiger partial charge in [-0.05, 0) is 37.3 Å². The Morgan fingerprint density at radius 3 is 2.79 bits per heavy atom. The third-order valence-corrected chi connectivity index (χ3v) is 4.54. The third kappa shape index (κ3) is 3.68. The number of rotatable bonds is 5. The van der Waals surface area contributed by atoms with Crippen molar-refractivity contribution in [3.05, 3.63) is 58.8 Å². The van der Waals surface area contributed by atoms with Gasteiger partial charge in [-0.2, -0.15) is 0 Å². The van der Waals surface area contributed by atoms with E-state index in [4.69, 9.17) is 0 Å². The van der Waals surface area contributed by atoms with Crippen LogP contribution < -0.4 is 5.32 Å². The summed E-state index contributed by atoms with van der Waals surface area (Å²) in [6.45, 7) is 1.83. The van der Waals surface area contributed by atoms with E-state index >= 15 is 0 Å². The number of halogens is 2. The Hall–Kier alpha value is -2.13. The predicted octanol–water partition coefficient (Wildman–Crippen LogP) is 3.33. The third-order valence-electron chi connectivity index (χ3n) is 3.13. The maximum atomic E-state index is 13.7. The smallest absolute Gasteiger partial charge is 0.234 e. The molecule has 3 rings (SSSR count). The summed E-state index contributed by atoms with van der Waals surface area (Å²) in [4.78, 5) is 12.1. The zero-order valence-corrected chi connectivity index (χ0v) is 15.0. The molecule has 2 heterocycles. The van der Waals surface area contributed by atoms with Crippen LogP contribution in [0.5, 0.6) is 0 Å². The lowest BCUT2D eigenvalue weighted by Crippen LogP contribution is -2.16. The van der Waals surface area contributed by atoms with Crippen LogP contribution in [-0.4, -0.2) is 31.2 Å². The first kappa shape index (κ1) is 16.7. The number of benzene rings is 1. The number of carbonyl (C=O) groups excluding carboxylic acids is 1. The quantitative estimate of drug-likeness (QED) is 0.656. The Bertz CT molecular complexity index is 865. The normalized spacial score (nSPS) is 10.8. The summed E-state index contributed by atoms with van der Waals surface area (Å²) in [6.07, 6.45) is 3.72. The maximum absolute atomic E-state index is 13.7. The van der Waals surface area contributed by atoms with Gasteiger partial charge in [0.05, 0.1) is 11.4 Å². The Morgan fingerprint density at radius 2 is 2.08 bits per heavy atom. The van der Waals surface area contributed by atoms with Gasteiger partial charge in [0.15, 0.2) is 5.82 Å². The molecule has 0 bridgehead atoms. The van der Waals surface area contributed by atoms with Crippen molar-refractivity contribution in [3.63, 3.8) is 0 Å². The number of hydrogen-bond acceptors (Lipinski definition) is 4. The van der Waals surface area contributed by atoms with Crippen molar-refractivity contribution in [1.82, 2.24) is 19.5 Å². The standard InChI is InChI=1S/C15H13BrFN5OS/c1-10-19-20-15(22(10)21-6-2-3-7-21)24-9-14(23)18-13-5-4-11(16)8-12(13)17/h2-8H,9H2,1H3,(H,18,23). The average molecular weight is 410 g/mol. The fourth-order valence-electron chi connectivity index (χ4n) is 2.06. The lowest BCUT2D eigenvalue weighted by molar-refractivity contribution is -0.113. The summed E-state index contributed by atoms with van der Waals surface area (Å²) in [7, 11) is 0. The van der Waals surface area contributed by atoms with Gasteiger partial charge in [0.2, 0.25) is 11.1 Å². The maximum Gasteiger partial charge on any atom is 0.234 e. The molecule has 0 saturated carbocycles. The van der Waals surface area contributed by atoms with Crippen molar-refractivity contribution in [2.45, 2.75) is 12.1 Å². The second-order valence-corrected chi connectivity index (χ2v) is 6.72. The van der Waals surface area contributed by atoms with Crippen LogP contribution in [0.3, 0.4) is 0 Å². The molecule has 0 atom stereocenters. The number of anilines is 1. The minimum absolute atomic E-state index is 0.0922. The molecule has 0 unspecified atom stereocenters. The van der Waals surface area contributed by atoms with Crippen molar-refractivity contribution in [2.75, 3.05) is 11.1 Å². The monoisotopic (exact) mass is 409 g/mol. The van der Waals surface area contributed by atoms with Crippen molar-refractivity contribution >= 4 is 39.3 Å². The van der Waals surface area contributed by atoms with Crippen LogP contribution in [0.1, 0.15) is 5.82 Å². The number of aryl methyl sites for hydroxylation is 1. The zero-order valence-electron chi connectivity index (χ0n) is 12.6. The van der Waals surface area contributed by atoms with Gasteiger partial charge in [0.1, 0.15) is 5.82 Å². The largest absolute Gasteiger partial charge is 0.323 e. The number of hydrogen-bond donors (Lipinski definition) is 1. The summed E-state index contributed by atoms with van der Waals surface area (Å²) in [5.74, 6) is -0.0161. The fraction of sp³-hybridized carbons (Fsp3) is 0.133. The molecule has 0 radical (unpaired) electrons. The molecule has 3 aromatic rings. The van der Waals surface area contributed by atoms with Crippen molar-refractivity contribution < 1.29 is 9.18 Å². The van der Waals surface area contributed by atoms with Crippen molar-refractivity contribution in [1.29, 1.82) is 0 Å². The molecular formula is C15H13BrFN5OS. The fourth-order valence-corrected chi connectivity index (χ4v) is 3.17. The van der Waals surface area contributed by atoms with E-state index in [1.54, 1.807) is 10.7 Å². The number of aromatic nitrogens is 4. The Kier molecular flexibility index (Phi) is 5.00. The second-order valence-electron chi connectivity index (χ2n) is 4.87. The molecule has 0 spiro atoms. The Morgan fingerprint density at radius 1 is 1.33 bits per heavy atom. The van der Waals surface area contributed by atoms with Crippen molar-refractivity contribution in [2.24, 2.45) is 0 Å². The summed E-state index contributed by atoms with van der Waals surface area (Å²) in [5, 5.41) is 11.2. The van der Waals surface area contributed by atoms with Crippen LogP contribution in [0.25, 0.3) is 0 Å². The topological polar surface area (TPSA) is 64.7 Å². The summed E-state index contributed by atoms with van der Waals surface area (Å²) in [6, 6.07) is 8.24. The summed E-state index contributed by atoms with van der Waals surface area (Å²) >= 11 is 4.40. The van der Waals surface area contributed by atoms with Gasteiger partial charge in [-0.15, -0.1) is 10.2 Å². The van der Waals surface area contributed by atoms with E-state index in [1.807, 2.05) is 36.1 Å². The minimum atomic E-state index is -0.492. The highest BCUT2D eigenvalue weighted by Crippen LogP contribution is 2.21. The van der Waals surface area contributed by atoms with Gasteiger partial charge >= 0.3 is 0 Å². The predicted molar refractivity (Wildman–Crippen MR) is 93.4 cm³/mol. The van der Waals surface area contributed by atoms with Crippen LogP contribution in [0.15, 0.2) is 52.4 Å². The van der Waals surface area contributed by atoms with Gasteiger partial charge in [-0.25, -0.2) is 9.07 Å². The first-order valence-corrected chi connectivity index (χ1v) is 8.76. The van der Waals surface area contributed by atoms with Gasteiger partial charge in [-0.3, -0.25) is 9.47 Å². The molecule has 0 fully saturated rings. The SMILES string of the molecule is Cc1nnc(SCC(=O)Nc2ccc(Br)cc2F)n1-n1cccc1. The molecule has 2 aromatic heterocycles. The first-order chi connectivity index (χ1) is 11.5. The van der Waals surface area contributed by atoms with Crippen molar-refractivity contribution in [3.8, 4) is 0 Å². The van der Waals surface area contributed by atoms with E-state index in [0.29, 0.717) is 15.5 Å². The molecule has 9 heteroatoms. The molecule has 0 aliphatic carbocycles. The Labute approximate surface area is 150 Å². The lowest BCUT2D eigenvalue weighted by Gasteiger charge is -2.09. The highest BCUT2D eigenvalue weighted by molar-refractivity contribution is 9.10. The molecule has 0 aliphatic heterocycles. The number of amides is 1. The molecule has 24 heavy (non-hydrogen) atoms. The minimum Gasteiger partial charge on any atom is -0.323 e. The second kappa shape index (κ2) is 7.18. The van der Waals surface area contributed by atoms with E-state index < -0.39 is 5.82 Å². The molecule has 0 saturated heterocycles. The van der Waals surface area contributed by atoms with Crippen LogP contribution in [0.2, 0.25) is 0 Å². The van der Waals surface area contributed by atoms with Crippen LogP contribution in [0, 0.1) is 12.7 Å². The highest BCUT2D eigenvalue weighted by Gasteiger charge is 2.14. The number of thioether (sulfide) groups is 1. The van der Waals surface area contributed by atoms with E-state index in [1.165, 1.54) is 23.9 Å². The molecule has 1 amide bonds. The molecular weight excluding hydrogens is 397 g/mol. The molecule has 1 aromatic carbocycles. The van der Waals surface area contributed by atoms with Crippen LogP contribution in [0.4, 0.5) is 10.1 Å². The molecule has 0 aliphatic rings. The van der Waals surface area contributed by atoms with E-state index in [0.717, 1.165) is 0 Å². The zero-order chi connectivity index (χ0) is 17.1. The molecule has 124 valence electrons. The van der Waals surface area contributed by atoms with Crippen LogP contribution in [-0.2, 0) is 4.79 Å². The number of nitrogens with zero attached hydrogens (tertiary/aromatic N) is 4. The van der Waals surface area contributed by atoms with E-state index in [9.17, 15) is 9.18 Å². The van der Waals surface area contributed by atoms with Gasteiger partial charge in [-0.1, -0.05) is 27.7 Å². The van der Waals surface area contributed by atoms with Gasteiger partial charge in [0.25, 0.3) is 0 Å². The summed E-state index contributed by atoms with van der Waals surface area (Å²) in [5.41, 5.74) is 0.145. The van der Waals surface area contributed by atoms with Crippen LogP contribution >= 0.6 is 27.7 Å². The molecule has 6 nitrogen and oxygen atoms in total. The van der Waals surface area contributed by atoms with Gasteiger partial charge < -0.3 is 5.32 Å². The van der Waals surface area contributed by atoms with E-state index in [2.05, 4.69) is 31.4 Å².